The highest BCUT2D eigenvalue weighted by molar-refractivity contribution is 7.13. The first-order valence-corrected chi connectivity index (χ1v) is 14.9. The summed E-state index contributed by atoms with van der Waals surface area (Å²) in [6.07, 6.45) is 0.165. The molecule has 1 aliphatic heterocycles. The number of nitrogens with zero attached hydrogens (tertiary/aromatic N) is 2. The van der Waals surface area contributed by atoms with Crippen molar-refractivity contribution in [3.63, 3.8) is 0 Å². The predicted molar refractivity (Wildman–Crippen MR) is 153 cm³/mol. The lowest BCUT2D eigenvalue weighted by Gasteiger charge is -2.32. The topological polar surface area (TPSA) is 112 Å². The first kappa shape index (κ1) is 30.1. The Bertz CT molecular complexity index is 1240. The van der Waals surface area contributed by atoms with Gasteiger partial charge in [-0.3, -0.25) is 14.4 Å². The van der Waals surface area contributed by atoms with Gasteiger partial charge in [0, 0.05) is 13.0 Å². The van der Waals surface area contributed by atoms with Crippen LogP contribution in [0.4, 0.5) is 4.39 Å². The van der Waals surface area contributed by atoms with Crippen molar-refractivity contribution < 1.29 is 23.9 Å². The molecule has 3 N–H and O–H groups in total. The predicted octanol–water partition coefficient (Wildman–Crippen LogP) is 4.32. The number of aryl methyl sites for hydroxylation is 1. The lowest BCUT2D eigenvalue weighted by Crippen LogP contribution is -2.56. The number of aliphatic hydroxyl groups is 1. The number of hydrogen-bond acceptors (Lipinski definition) is 6. The van der Waals surface area contributed by atoms with Crippen LogP contribution in [-0.2, 0) is 14.4 Å². The highest BCUT2D eigenvalue weighted by Gasteiger charge is 2.52. The Morgan fingerprint density at radius 1 is 1.18 bits per heavy atom. The standard InChI is InChI=1S/C30H41FN4O4S/c1-17(2)24(34-28(39)30(31)11-12-30)27(38)35-15-21(36)13-23(35)26(37)33-22(14-29(4,5)6)19-7-9-20(10-8-19)25-18(3)32-16-40-25/h7-10,16-17,21-24,36H,11-15H2,1-6H3,(H,33,37)(H,34,39)/t21-,22+,23+,24+/m1/s1. The monoisotopic (exact) mass is 572 g/mol. The number of carbonyl (C=O) groups is 3. The third-order valence-electron chi connectivity index (χ3n) is 7.63. The third kappa shape index (κ3) is 6.89. The molecular weight excluding hydrogens is 531 g/mol. The van der Waals surface area contributed by atoms with E-state index in [2.05, 4.69) is 36.4 Å². The largest absolute Gasteiger partial charge is 0.391 e. The smallest absolute Gasteiger partial charge is 0.258 e. The quantitative estimate of drug-likeness (QED) is 0.415. The number of rotatable bonds is 9. The number of thiazole rings is 1. The van der Waals surface area contributed by atoms with Gasteiger partial charge in [-0.2, -0.15) is 0 Å². The van der Waals surface area contributed by atoms with E-state index < -0.39 is 35.7 Å². The van der Waals surface area contributed by atoms with Crippen molar-refractivity contribution in [1.29, 1.82) is 0 Å². The summed E-state index contributed by atoms with van der Waals surface area (Å²) in [4.78, 5) is 46.5. The maximum atomic E-state index is 14.3. The fourth-order valence-electron chi connectivity index (χ4n) is 5.18. The van der Waals surface area contributed by atoms with Crippen LogP contribution in [0.25, 0.3) is 10.4 Å². The second-order valence-electron chi connectivity index (χ2n) is 12.8. The molecule has 1 aliphatic carbocycles. The molecule has 10 heteroatoms. The summed E-state index contributed by atoms with van der Waals surface area (Å²) < 4.78 is 14.3. The number of β-amino-alcohol motifs (C(OH)–C–C–N with tert-alkyl or cyclic N) is 1. The molecule has 0 spiro atoms. The van der Waals surface area contributed by atoms with E-state index in [9.17, 15) is 23.9 Å². The van der Waals surface area contributed by atoms with Crippen LogP contribution in [0.3, 0.4) is 0 Å². The summed E-state index contributed by atoms with van der Waals surface area (Å²) in [6, 6.07) is 5.86. The van der Waals surface area contributed by atoms with Crippen LogP contribution in [0.15, 0.2) is 29.8 Å². The number of hydrogen-bond donors (Lipinski definition) is 3. The molecule has 3 amide bonds. The number of benzene rings is 1. The maximum absolute atomic E-state index is 14.3. The van der Waals surface area contributed by atoms with E-state index in [0.29, 0.717) is 6.42 Å². The summed E-state index contributed by atoms with van der Waals surface area (Å²) in [7, 11) is 0. The normalized spacial score (nSPS) is 21.7. The molecule has 0 radical (unpaired) electrons. The Morgan fingerprint density at radius 2 is 1.82 bits per heavy atom. The van der Waals surface area contributed by atoms with E-state index >= 15 is 0 Å². The molecule has 2 aliphatic rings. The number of likely N-dealkylation sites (tertiary alicyclic amines) is 1. The fraction of sp³-hybridized carbons (Fsp3) is 0.600. The van der Waals surface area contributed by atoms with Gasteiger partial charge in [-0.05, 0) is 48.6 Å². The maximum Gasteiger partial charge on any atom is 0.258 e. The van der Waals surface area contributed by atoms with Crippen molar-refractivity contribution in [2.75, 3.05) is 6.54 Å². The first-order chi connectivity index (χ1) is 18.7. The summed E-state index contributed by atoms with van der Waals surface area (Å²) in [6.45, 7) is 11.8. The van der Waals surface area contributed by atoms with E-state index in [-0.39, 0.29) is 49.1 Å². The van der Waals surface area contributed by atoms with Gasteiger partial charge in [0.05, 0.1) is 28.2 Å². The lowest BCUT2D eigenvalue weighted by atomic mass is 9.85. The molecular formula is C30H41FN4O4S. The number of carbonyl (C=O) groups excluding carboxylic acids is 3. The molecule has 0 unspecified atom stereocenters. The fourth-order valence-corrected chi connectivity index (χ4v) is 6.00. The van der Waals surface area contributed by atoms with Crippen LogP contribution >= 0.6 is 11.3 Å². The van der Waals surface area contributed by atoms with Crippen molar-refractivity contribution >= 4 is 29.1 Å². The first-order valence-electron chi connectivity index (χ1n) is 14.0. The van der Waals surface area contributed by atoms with Crippen LogP contribution in [0, 0.1) is 18.3 Å². The molecule has 2 heterocycles. The summed E-state index contributed by atoms with van der Waals surface area (Å²) in [5.41, 5.74) is 2.77. The number of aliphatic hydroxyl groups excluding tert-OH is 1. The highest BCUT2D eigenvalue weighted by Crippen LogP contribution is 2.40. The van der Waals surface area contributed by atoms with E-state index in [1.165, 1.54) is 4.90 Å². The molecule has 40 heavy (non-hydrogen) atoms. The van der Waals surface area contributed by atoms with Crippen molar-refractivity contribution in [1.82, 2.24) is 20.5 Å². The highest BCUT2D eigenvalue weighted by atomic mass is 32.1. The minimum atomic E-state index is -1.91. The van der Waals surface area contributed by atoms with E-state index in [1.54, 1.807) is 25.2 Å². The van der Waals surface area contributed by atoms with Crippen molar-refractivity contribution in [3.05, 3.63) is 41.0 Å². The Labute approximate surface area is 239 Å². The molecule has 2 fully saturated rings. The summed E-state index contributed by atoms with van der Waals surface area (Å²) in [5, 5.41) is 16.2. The van der Waals surface area contributed by atoms with Gasteiger partial charge in [0.15, 0.2) is 5.67 Å². The second-order valence-corrected chi connectivity index (χ2v) is 13.6. The van der Waals surface area contributed by atoms with Crippen LogP contribution < -0.4 is 10.6 Å². The number of aromatic nitrogens is 1. The van der Waals surface area contributed by atoms with Crippen molar-refractivity contribution in [3.8, 4) is 10.4 Å². The van der Waals surface area contributed by atoms with Crippen LogP contribution in [0.1, 0.15) is 77.6 Å². The van der Waals surface area contributed by atoms with Gasteiger partial charge >= 0.3 is 0 Å². The molecule has 4 rings (SSSR count). The van der Waals surface area contributed by atoms with Crippen LogP contribution in [0.5, 0.6) is 0 Å². The van der Waals surface area contributed by atoms with Crippen molar-refractivity contribution in [2.45, 2.75) is 97.1 Å². The van der Waals surface area contributed by atoms with Gasteiger partial charge in [-0.1, -0.05) is 58.9 Å². The van der Waals surface area contributed by atoms with Crippen LogP contribution in [0.2, 0.25) is 0 Å². The average Bonchev–Trinajstić information content (AvgIpc) is 3.28. The minimum Gasteiger partial charge on any atom is -0.391 e. The molecule has 1 aromatic carbocycles. The van der Waals surface area contributed by atoms with Crippen molar-refractivity contribution in [2.24, 2.45) is 11.3 Å². The molecule has 8 nitrogen and oxygen atoms in total. The van der Waals surface area contributed by atoms with Gasteiger partial charge in [0.25, 0.3) is 5.91 Å². The molecule has 1 aromatic heterocycles. The Morgan fingerprint density at radius 3 is 2.35 bits per heavy atom. The van der Waals surface area contributed by atoms with Gasteiger partial charge in [-0.25, -0.2) is 9.37 Å². The Kier molecular flexibility index (Phi) is 8.71. The van der Waals surface area contributed by atoms with Gasteiger partial charge in [0.1, 0.15) is 12.1 Å². The lowest BCUT2D eigenvalue weighted by molar-refractivity contribution is -0.143. The number of alkyl halides is 1. The number of amides is 3. The third-order valence-corrected chi connectivity index (χ3v) is 8.61. The Balaban J connectivity index is 1.53. The van der Waals surface area contributed by atoms with E-state index in [0.717, 1.165) is 21.7 Å². The van der Waals surface area contributed by atoms with Gasteiger partial charge in [0.2, 0.25) is 11.8 Å². The number of halogens is 1. The zero-order chi connectivity index (χ0) is 29.4. The molecule has 1 saturated carbocycles. The number of nitrogens with one attached hydrogen (secondary N) is 2. The zero-order valence-electron chi connectivity index (χ0n) is 24.2. The van der Waals surface area contributed by atoms with E-state index in [4.69, 9.17) is 0 Å². The SMILES string of the molecule is Cc1ncsc1-c1ccc([C@H](CC(C)(C)C)NC(=O)[C@@H]2C[C@@H](O)CN2C(=O)[C@@H](NC(=O)C2(F)CC2)C(C)C)cc1. The minimum absolute atomic E-state index is 0.0242. The van der Waals surface area contributed by atoms with E-state index in [1.807, 2.05) is 36.7 Å². The zero-order valence-corrected chi connectivity index (χ0v) is 25.0. The molecule has 1 saturated heterocycles. The molecule has 0 bridgehead atoms. The second kappa shape index (κ2) is 11.6. The van der Waals surface area contributed by atoms with Gasteiger partial charge in [-0.15, -0.1) is 11.3 Å². The Hall–Kier alpha value is -2.85. The average molecular weight is 573 g/mol. The van der Waals surface area contributed by atoms with Crippen LogP contribution in [-0.4, -0.2) is 63.1 Å². The summed E-state index contributed by atoms with van der Waals surface area (Å²) in [5.74, 6) is -1.96. The molecule has 218 valence electrons. The van der Waals surface area contributed by atoms with Gasteiger partial charge < -0.3 is 20.6 Å². The molecule has 4 atom stereocenters. The summed E-state index contributed by atoms with van der Waals surface area (Å²) >= 11 is 1.58. The molecule has 2 aromatic rings.